The maximum absolute atomic E-state index is 14.4. The van der Waals surface area contributed by atoms with Gasteiger partial charge < -0.3 is 19.6 Å². The van der Waals surface area contributed by atoms with Gasteiger partial charge in [0.15, 0.2) is 0 Å². The molecule has 8 heteroatoms. The van der Waals surface area contributed by atoms with Gasteiger partial charge in [-0.3, -0.25) is 14.4 Å². The number of anilines is 1. The maximum atomic E-state index is 14.4. The Morgan fingerprint density at radius 3 is 2.69 bits per heavy atom. The van der Waals surface area contributed by atoms with Crippen LogP contribution in [0.2, 0.25) is 0 Å². The van der Waals surface area contributed by atoms with Gasteiger partial charge in [-0.15, -0.1) is 11.8 Å². The minimum absolute atomic E-state index is 0.0854. The highest BCUT2D eigenvalue weighted by molar-refractivity contribution is 8.02. The number of ether oxygens (including phenoxy) is 1. The number of allylic oxidation sites excluding steroid dienone is 1. The first-order valence-electron chi connectivity index (χ1n) is 12.8. The van der Waals surface area contributed by atoms with Gasteiger partial charge in [-0.05, 0) is 57.2 Å². The van der Waals surface area contributed by atoms with Crippen LogP contribution < -0.4 is 4.90 Å². The predicted octanol–water partition coefficient (Wildman–Crippen LogP) is 3.17. The first-order chi connectivity index (χ1) is 17.2. The van der Waals surface area contributed by atoms with Crippen LogP contribution in [-0.2, 0) is 19.1 Å². The topological polar surface area (TPSA) is 87.2 Å². The average molecular weight is 511 g/mol. The summed E-state index contributed by atoms with van der Waals surface area (Å²) in [6.07, 6.45) is 10.0. The summed E-state index contributed by atoms with van der Waals surface area (Å²) in [5.41, 5.74) is 2.86. The van der Waals surface area contributed by atoms with Crippen molar-refractivity contribution in [2.75, 3.05) is 31.2 Å². The molecule has 4 aliphatic rings. The SMILES string of the molecule is Cc1ccc(C)c(N2CC=C[C@]34S[C@@]5(C)/C=C\CCCOC(=O)[C@H]5[C@H]3C(=O)N(CCCO)C4C2=O)c1. The van der Waals surface area contributed by atoms with Crippen LogP contribution in [0.5, 0.6) is 0 Å². The highest BCUT2D eigenvalue weighted by Crippen LogP contribution is 2.65. The van der Waals surface area contributed by atoms with Crippen molar-refractivity contribution in [3.8, 4) is 0 Å². The zero-order valence-corrected chi connectivity index (χ0v) is 21.9. The van der Waals surface area contributed by atoms with Crippen molar-refractivity contribution < 1.29 is 24.2 Å². The minimum Gasteiger partial charge on any atom is -0.465 e. The molecule has 0 aromatic heterocycles. The number of aliphatic hydroxyl groups excluding tert-OH is 1. The molecule has 1 N–H and O–H groups in total. The zero-order valence-electron chi connectivity index (χ0n) is 21.1. The number of fused-ring (bicyclic) bond motifs is 2. The first-order valence-corrected chi connectivity index (χ1v) is 13.6. The van der Waals surface area contributed by atoms with Crippen LogP contribution in [0, 0.1) is 25.7 Å². The summed E-state index contributed by atoms with van der Waals surface area (Å²) in [5, 5.41) is 9.56. The van der Waals surface area contributed by atoms with Crippen molar-refractivity contribution in [1.29, 1.82) is 0 Å². The predicted molar refractivity (Wildman–Crippen MR) is 140 cm³/mol. The fourth-order valence-electron chi connectivity index (χ4n) is 6.34. The van der Waals surface area contributed by atoms with Crippen molar-refractivity contribution in [1.82, 2.24) is 4.90 Å². The van der Waals surface area contributed by atoms with Crippen molar-refractivity contribution in [2.45, 2.75) is 55.6 Å². The lowest BCUT2D eigenvalue weighted by molar-refractivity contribution is -0.154. The number of carbonyl (C=O) groups excluding carboxylic acids is 3. The Labute approximate surface area is 216 Å². The Kier molecular flexibility index (Phi) is 6.53. The summed E-state index contributed by atoms with van der Waals surface area (Å²) < 4.78 is 4.06. The number of hydrogen-bond donors (Lipinski definition) is 1. The molecule has 36 heavy (non-hydrogen) atoms. The fraction of sp³-hybridized carbons (Fsp3) is 0.536. The van der Waals surface area contributed by atoms with E-state index in [0.717, 1.165) is 29.7 Å². The van der Waals surface area contributed by atoms with Crippen LogP contribution in [0.15, 0.2) is 42.5 Å². The molecule has 4 aliphatic heterocycles. The summed E-state index contributed by atoms with van der Waals surface area (Å²) in [7, 11) is 0. The molecule has 2 amide bonds. The van der Waals surface area contributed by atoms with Gasteiger partial charge in [-0.25, -0.2) is 0 Å². The molecule has 0 saturated carbocycles. The van der Waals surface area contributed by atoms with Crippen molar-refractivity contribution >= 4 is 35.2 Å². The van der Waals surface area contributed by atoms with Crippen molar-refractivity contribution in [3.05, 3.63) is 53.6 Å². The Morgan fingerprint density at radius 2 is 1.92 bits per heavy atom. The van der Waals surface area contributed by atoms with Crippen molar-refractivity contribution in [3.63, 3.8) is 0 Å². The number of nitrogens with zero attached hydrogens (tertiary/aromatic N) is 2. The van der Waals surface area contributed by atoms with Gasteiger partial charge >= 0.3 is 5.97 Å². The lowest BCUT2D eigenvalue weighted by atomic mass is 9.74. The van der Waals surface area contributed by atoms with Gasteiger partial charge in [-0.2, -0.15) is 0 Å². The van der Waals surface area contributed by atoms with Gasteiger partial charge in [0.2, 0.25) is 5.91 Å². The molecular formula is C28H34N2O5S. The molecule has 1 aromatic rings. The number of aliphatic hydroxyl groups is 1. The van der Waals surface area contributed by atoms with Gasteiger partial charge in [0.1, 0.15) is 6.04 Å². The second kappa shape index (κ2) is 9.38. The Morgan fingerprint density at radius 1 is 1.11 bits per heavy atom. The van der Waals surface area contributed by atoms with Crippen molar-refractivity contribution in [2.24, 2.45) is 11.8 Å². The smallest absolute Gasteiger partial charge is 0.311 e. The van der Waals surface area contributed by atoms with E-state index in [1.165, 1.54) is 0 Å². The number of likely N-dealkylation sites (tertiary alicyclic amines) is 1. The van der Waals surface area contributed by atoms with Crippen LogP contribution in [0.4, 0.5) is 5.69 Å². The molecule has 1 unspecified atom stereocenters. The highest BCUT2D eigenvalue weighted by Gasteiger charge is 2.73. The number of aryl methyl sites for hydroxylation is 2. The maximum Gasteiger partial charge on any atom is 0.311 e. The first kappa shape index (κ1) is 25.1. The van der Waals surface area contributed by atoms with E-state index in [-0.39, 0.29) is 30.9 Å². The molecule has 1 aromatic carbocycles. The van der Waals surface area contributed by atoms with Gasteiger partial charge in [-0.1, -0.05) is 36.4 Å². The Hall–Kier alpha value is -2.58. The number of cyclic esters (lactones) is 1. The summed E-state index contributed by atoms with van der Waals surface area (Å²) >= 11 is 1.55. The molecular weight excluding hydrogens is 476 g/mol. The molecule has 1 spiro atoms. The Bertz CT molecular complexity index is 1150. The molecule has 0 radical (unpaired) electrons. The van der Waals surface area contributed by atoms with E-state index in [0.29, 0.717) is 19.6 Å². The number of amides is 2. The number of carbonyl (C=O) groups is 3. The van der Waals surface area contributed by atoms with E-state index < -0.39 is 27.4 Å². The van der Waals surface area contributed by atoms with E-state index in [9.17, 15) is 19.5 Å². The molecule has 0 aliphatic carbocycles. The molecule has 5 atom stereocenters. The van der Waals surface area contributed by atoms with E-state index in [1.807, 2.05) is 51.1 Å². The molecule has 0 bridgehead atoms. The zero-order chi connectivity index (χ0) is 25.7. The van der Waals surface area contributed by atoms with Crippen LogP contribution in [0.25, 0.3) is 0 Å². The van der Waals surface area contributed by atoms with Crippen LogP contribution >= 0.6 is 11.8 Å². The lowest BCUT2D eigenvalue weighted by Crippen LogP contribution is -2.53. The third kappa shape index (κ3) is 3.80. The molecule has 7 nitrogen and oxygen atoms in total. The second-order valence-corrected chi connectivity index (χ2v) is 12.3. The number of hydrogen-bond acceptors (Lipinski definition) is 6. The molecule has 4 heterocycles. The standard InChI is InChI=1S/C28H34N2O5S/c1-18-9-10-19(2)20(17-18)29-13-7-12-28-21(24(32)30(14-8-15-31)23(28)25(29)33)22-26(34)35-16-6-4-5-11-27(22,3)36-28/h5,7,9-12,17,21-23,31H,4,6,8,13-16H2,1-3H3/b11-5-/t21-,22+,23?,27-,28-/m0/s1. The number of thioether (sulfide) groups is 1. The number of benzene rings is 1. The monoisotopic (exact) mass is 510 g/mol. The Balaban J connectivity index is 1.65. The number of rotatable bonds is 4. The minimum atomic E-state index is -0.905. The quantitative estimate of drug-likeness (QED) is 0.495. The third-order valence-electron chi connectivity index (χ3n) is 7.96. The van der Waals surface area contributed by atoms with E-state index >= 15 is 0 Å². The molecule has 2 saturated heterocycles. The van der Waals surface area contributed by atoms with Crippen LogP contribution in [0.1, 0.15) is 37.3 Å². The molecule has 5 rings (SSSR count). The largest absolute Gasteiger partial charge is 0.465 e. The third-order valence-corrected chi connectivity index (χ3v) is 9.76. The second-order valence-electron chi connectivity index (χ2n) is 10.5. The van der Waals surface area contributed by atoms with Gasteiger partial charge in [0.25, 0.3) is 5.91 Å². The fourth-order valence-corrected chi connectivity index (χ4v) is 8.49. The van der Waals surface area contributed by atoms with E-state index in [4.69, 9.17) is 4.74 Å². The van der Waals surface area contributed by atoms with E-state index in [2.05, 4.69) is 12.2 Å². The molecule has 2 fully saturated rings. The molecule has 192 valence electrons. The van der Waals surface area contributed by atoms with Gasteiger partial charge in [0.05, 0.1) is 23.2 Å². The summed E-state index contributed by atoms with van der Waals surface area (Å²) in [6.45, 7) is 6.85. The lowest BCUT2D eigenvalue weighted by Gasteiger charge is -2.37. The van der Waals surface area contributed by atoms with E-state index in [1.54, 1.807) is 21.6 Å². The summed E-state index contributed by atoms with van der Waals surface area (Å²) in [5.74, 6) is -2.14. The summed E-state index contributed by atoms with van der Waals surface area (Å²) in [4.78, 5) is 45.3. The number of esters is 1. The van der Waals surface area contributed by atoms with Crippen LogP contribution in [-0.4, -0.2) is 69.6 Å². The normalized spacial score (nSPS) is 34.8. The van der Waals surface area contributed by atoms with Gasteiger partial charge in [0, 0.05) is 30.1 Å². The average Bonchev–Trinajstić information content (AvgIpc) is 3.18. The highest BCUT2D eigenvalue weighted by atomic mass is 32.2. The summed E-state index contributed by atoms with van der Waals surface area (Å²) in [6, 6.07) is 5.25. The van der Waals surface area contributed by atoms with Crippen LogP contribution in [0.3, 0.4) is 0 Å².